The van der Waals surface area contributed by atoms with E-state index in [0.717, 1.165) is 12.2 Å². The summed E-state index contributed by atoms with van der Waals surface area (Å²) in [5.41, 5.74) is 3.32. The molecule has 0 fully saturated rings. The third kappa shape index (κ3) is 3.53. The summed E-state index contributed by atoms with van der Waals surface area (Å²) in [7, 11) is 1.70. The number of hydrogen-bond acceptors (Lipinski definition) is 4. The predicted molar refractivity (Wildman–Crippen MR) is 66.5 cm³/mol. The summed E-state index contributed by atoms with van der Waals surface area (Å²) in [6.45, 7) is 1.42. The molecule has 0 aliphatic carbocycles. The molecular formula is C13H15N3O. The van der Waals surface area contributed by atoms with Gasteiger partial charge in [-0.25, -0.2) is 9.97 Å². The first-order valence-electron chi connectivity index (χ1n) is 5.44. The van der Waals surface area contributed by atoms with Crippen LogP contribution in [0, 0.1) is 0 Å². The molecule has 88 valence electrons. The first kappa shape index (κ1) is 11.5. The van der Waals surface area contributed by atoms with Gasteiger partial charge in [0.15, 0.2) is 0 Å². The molecule has 0 spiro atoms. The van der Waals surface area contributed by atoms with Gasteiger partial charge in [-0.1, -0.05) is 24.3 Å². The van der Waals surface area contributed by atoms with E-state index in [9.17, 15) is 0 Å². The van der Waals surface area contributed by atoms with E-state index >= 15 is 0 Å². The fourth-order valence-electron chi connectivity index (χ4n) is 1.51. The fraction of sp³-hybridized carbons (Fsp3) is 0.231. The average molecular weight is 229 g/mol. The minimum atomic E-state index is 0.653. The van der Waals surface area contributed by atoms with Crippen LogP contribution in [0.3, 0.4) is 0 Å². The van der Waals surface area contributed by atoms with Gasteiger partial charge in [0.2, 0.25) is 0 Å². The molecule has 2 rings (SSSR count). The number of rotatable bonds is 5. The van der Waals surface area contributed by atoms with E-state index in [4.69, 9.17) is 4.74 Å². The standard InChI is InChI=1S/C13H15N3O/c1-17-9-12-4-2-11(3-5-12)6-16-13-7-14-10-15-8-13/h2-5,7-8,10,16H,6,9H2,1H3. The van der Waals surface area contributed by atoms with Gasteiger partial charge in [0.05, 0.1) is 24.7 Å². The van der Waals surface area contributed by atoms with Crippen molar-refractivity contribution >= 4 is 5.69 Å². The Hall–Kier alpha value is -1.94. The molecular weight excluding hydrogens is 214 g/mol. The van der Waals surface area contributed by atoms with Crippen molar-refractivity contribution in [3.05, 3.63) is 54.1 Å². The van der Waals surface area contributed by atoms with Crippen molar-refractivity contribution in [2.45, 2.75) is 13.2 Å². The van der Waals surface area contributed by atoms with Crippen LogP contribution in [0.1, 0.15) is 11.1 Å². The zero-order valence-corrected chi connectivity index (χ0v) is 9.76. The average Bonchev–Trinajstić information content (AvgIpc) is 2.40. The van der Waals surface area contributed by atoms with E-state index < -0.39 is 0 Å². The highest BCUT2D eigenvalue weighted by Gasteiger charge is 1.95. The molecule has 1 heterocycles. The number of methoxy groups -OCH3 is 1. The number of nitrogens with zero attached hydrogens (tertiary/aromatic N) is 2. The van der Waals surface area contributed by atoms with Crippen LogP contribution < -0.4 is 5.32 Å². The Bertz CT molecular complexity index is 442. The number of benzene rings is 1. The maximum atomic E-state index is 5.06. The minimum Gasteiger partial charge on any atom is -0.380 e. The summed E-state index contributed by atoms with van der Waals surface area (Å²) in [6.07, 6.45) is 5.03. The monoisotopic (exact) mass is 229 g/mol. The number of ether oxygens (including phenoxy) is 1. The molecule has 0 saturated heterocycles. The van der Waals surface area contributed by atoms with Crippen molar-refractivity contribution < 1.29 is 4.74 Å². The molecule has 0 bridgehead atoms. The minimum absolute atomic E-state index is 0.653. The van der Waals surface area contributed by atoms with Crippen LogP contribution >= 0.6 is 0 Å². The van der Waals surface area contributed by atoms with Gasteiger partial charge in [0.1, 0.15) is 6.33 Å². The van der Waals surface area contributed by atoms with Gasteiger partial charge in [0, 0.05) is 13.7 Å². The van der Waals surface area contributed by atoms with Gasteiger partial charge < -0.3 is 10.1 Å². The van der Waals surface area contributed by atoms with Crippen LogP contribution in [0.25, 0.3) is 0 Å². The maximum Gasteiger partial charge on any atom is 0.115 e. The highest BCUT2D eigenvalue weighted by Crippen LogP contribution is 2.08. The summed E-state index contributed by atoms with van der Waals surface area (Å²) in [5.74, 6) is 0. The summed E-state index contributed by atoms with van der Waals surface area (Å²) in [6, 6.07) is 8.32. The molecule has 0 atom stereocenters. The molecule has 0 saturated carbocycles. The van der Waals surface area contributed by atoms with Gasteiger partial charge in [-0.2, -0.15) is 0 Å². The molecule has 4 nitrogen and oxygen atoms in total. The number of anilines is 1. The second-order valence-corrected chi connectivity index (χ2v) is 3.73. The Morgan fingerprint density at radius 2 is 1.71 bits per heavy atom. The zero-order valence-electron chi connectivity index (χ0n) is 9.76. The Morgan fingerprint density at radius 3 is 2.35 bits per heavy atom. The van der Waals surface area contributed by atoms with Gasteiger partial charge >= 0.3 is 0 Å². The molecule has 1 aromatic heterocycles. The van der Waals surface area contributed by atoms with Crippen molar-refractivity contribution in [3.63, 3.8) is 0 Å². The van der Waals surface area contributed by atoms with E-state index in [2.05, 4.69) is 39.6 Å². The normalized spacial score (nSPS) is 10.2. The van der Waals surface area contributed by atoms with Crippen molar-refractivity contribution in [3.8, 4) is 0 Å². The maximum absolute atomic E-state index is 5.06. The quantitative estimate of drug-likeness (QED) is 0.854. The third-order valence-corrected chi connectivity index (χ3v) is 2.39. The second-order valence-electron chi connectivity index (χ2n) is 3.73. The summed E-state index contributed by atoms with van der Waals surface area (Å²) >= 11 is 0. The lowest BCUT2D eigenvalue weighted by Gasteiger charge is -2.06. The smallest absolute Gasteiger partial charge is 0.115 e. The van der Waals surface area contributed by atoms with Crippen LogP contribution in [-0.2, 0) is 17.9 Å². The number of nitrogens with one attached hydrogen (secondary N) is 1. The fourth-order valence-corrected chi connectivity index (χ4v) is 1.51. The molecule has 0 unspecified atom stereocenters. The van der Waals surface area contributed by atoms with Crippen molar-refractivity contribution in [2.24, 2.45) is 0 Å². The Balaban J connectivity index is 1.91. The van der Waals surface area contributed by atoms with Crippen LogP contribution in [0.5, 0.6) is 0 Å². The molecule has 1 aromatic carbocycles. The largest absolute Gasteiger partial charge is 0.380 e. The van der Waals surface area contributed by atoms with Crippen LogP contribution in [0.15, 0.2) is 43.0 Å². The van der Waals surface area contributed by atoms with Crippen LogP contribution in [-0.4, -0.2) is 17.1 Å². The first-order valence-corrected chi connectivity index (χ1v) is 5.44. The van der Waals surface area contributed by atoms with Gasteiger partial charge in [-0.3, -0.25) is 0 Å². The van der Waals surface area contributed by atoms with Crippen LogP contribution in [0.4, 0.5) is 5.69 Å². The lowest BCUT2D eigenvalue weighted by molar-refractivity contribution is 0.185. The number of aromatic nitrogens is 2. The van der Waals surface area contributed by atoms with E-state index in [1.807, 2.05) is 0 Å². The van der Waals surface area contributed by atoms with E-state index in [0.29, 0.717) is 6.61 Å². The summed E-state index contributed by atoms with van der Waals surface area (Å²) in [4.78, 5) is 7.89. The Labute approximate surface area is 101 Å². The first-order chi connectivity index (χ1) is 8.38. The van der Waals surface area contributed by atoms with E-state index in [-0.39, 0.29) is 0 Å². The summed E-state index contributed by atoms with van der Waals surface area (Å²) in [5, 5.41) is 3.26. The van der Waals surface area contributed by atoms with Crippen molar-refractivity contribution in [2.75, 3.05) is 12.4 Å². The summed E-state index contributed by atoms with van der Waals surface area (Å²) < 4.78 is 5.06. The lowest BCUT2D eigenvalue weighted by atomic mass is 10.1. The zero-order chi connectivity index (χ0) is 11.9. The van der Waals surface area contributed by atoms with E-state index in [1.54, 1.807) is 19.5 Å². The second kappa shape index (κ2) is 5.96. The van der Waals surface area contributed by atoms with Crippen LogP contribution in [0.2, 0.25) is 0 Å². The lowest BCUT2D eigenvalue weighted by Crippen LogP contribution is -2.00. The molecule has 17 heavy (non-hydrogen) atoms. The molecule has 0 aliphatic rings. The molecule has 0 aliphatic heterocycles. The topological polar surface area (TPSA) is 47.0 Å². The van der Waals surface area contributed by atoms with Gasteiger partial charge in [-0.15, -0.1) is 0 Å². The molecule has 0 amide bonds. The molecule has 2 aromatic rings. The molecule has 4 heteroatoms. The molecule has 1 N–H and O–H groups in total. The van der Waals surface area contributed by atoms with Gasteiger partial charge in [-0.05, 0) is 11.1 Å². The van der Waals surface area contributed by atoms with Crippen molar-refractivity contribution in [1.29, 1.82) is 0 Å². The predicted octanol–water partition coefficient (Wildman–Crippen LogP) is 2.24. The van der Waals surface area contributed by atoms with E-state index in [1.165, 1.54) is 17.5 Å². The number of hydrogen-bond donors (Lipinski definition) is 1. The SMILES string of the molecule is COCc1ccc(CNc2cncnc2)cc1. The third-order valence-electron chi connectivity index (χ3n) is 2.39. The Morgan fingerprint density at radius 1 is 1.06 bits per heavy atom. The highest BCUT2D eigenvalue weighted by molar-refractivity contribution is 5.38. The van der Waals surface area contributed by atoms with Gasteiger partial charge in [0.25, 0.3) is 0 Å². The molecule has 0 radical (unpaired) electrons. The van der Waals surface area contributed by atoms with Crippen molar-refractivity contribution in [1.82, 2.24) is 9.97 Å². The Kier molecular flexibility index (Phi) is 4.05. The highest BCUT2D eigenvalue weighted by atomic mass is 16.5.